The molecule has 0 aromatic rings. The van der Waals surface area contributed by atoms with Gasteiger partial charge in [-0.3, -0.25) is 0 Å². The summed E-state index contributed by atoms with van der Waals surface area (Å²) in [5, 5.41) is -2.51. The maximum absolute atomic E-state index is 12.0. The van der Waals surface area contributed by atoms with Crippen LogP contribution in [-0.4, -0.2) is 13.4 Å². The first-order valence-electron chi connectivity index (χ1n) is 2.09. The topological polar surface area (TPSA) is 34.1 Å². The zero-order chi connectivity index (χ0) is 6.41. The van der Waals surface area contributed by atoms with Crippen molar-refractivity contribution in [1.29, 1.82) is 0 Å². The molecule has 0 unspecified atom stereocenters. The number of alkyl halides is 1. The molecule has 0 heterocycles. The summed E-state index contributed by atoms with van der Waals surface area (Å²) in [6.45, 7) is 0. The van der Waals surface area contributed by atoms with Crippen molar-refractivity contribution in [3.05, 3.63) is 0 Å². The van der Waals surface area contributed by atoms with Crippen LogP contribution in [0, 0.1) is 0 Å². The maximum atomic E-state index is 12.0. The van der Waals surface area contributed by atoms with Gasteiger partial charge in [0.05, 0.1) is 0 Å². The average Bonchev–Trinajstić information content (AvgIpc) is 2.16. The molecule has 0 atom stereocenters. The first-order chi connectivity index (χ1) is 3.46. The van der Waals surface area contributed by atoms with Crippen LogP contribution in [0.25, 0.3) is 0 Å². The highest BCUT2D eigenvalue weighted by Gasteiger charge is 2.56. The summed E-state index contributed by atoms with van der Waals surface area (Å²) in [5.41, 5.74) is 0. The Labute approximate surface area is 45.7 Å². The van der Waals surface area contributed by atoms with Crippen LogP contribution in [-0.2, 0) is 10.2 Å². The fraction of sp³-hybridized carbons (Fsp3) is 1.00. The fourth-order valence-electron chi connectivity index (χ4n) is 0.342. The third-order valence-electron chi connectivity index (χ3n) is 1.08. The molecular formula is C3H4F2O2S. The lowest BCUT2D eigenvalue weighted by Gasteiger charge is -1.92. The van der Waals surface area contributed by atoms with Gasteiger partial charge in [0.25, 0.3) is 0 Å². The van der Waals surface area contributed by atoms with E-state index in [1.165, 1.54) is 0 Å². The quantitative estimate of drug-likeness (QED) is 0.506. The lowest BCUT2D eigenvalue weighted by Crippen LogP contribution is -2.10. The highest BCUT2D eigenvalue weighted by atomic mass is 32.3. The molecule has 48 valence electrons. The summed E-state index contributed by atoms with van der Waals surface area (Å²) in [4.78, 5) is 0. The van der Waals surface area contributed by atoms with E-state index in [1.54, 1.807) is 0 Å². The van der Waals surface area contributed by atoms with Gasteiger partial charge >= 0.3 is 10.2 Å². The highest BCUT2D eigenvalue weighted by Crippen LogP contribution is 2.45. The SMILES string of the molecule is O=S(=O)(F)C1(F)CC1. The Bertz CT molecular complexity index is 191. The van der Waals surface area contributed by atoms with Crippen LogP contribution < -0.4 is 0 Å². The molecule has 1 aliphatic rings. The second-order valence-electron chi connectivity index (χ2n) is 1.82. The largest absolute Gasteiger partial charge is 0.337 e. The molecule has 1 rings (SSSR count). The summed E-state index contributed by atoms with van der Waals surface area (Å²) in [5.74, 6) is 0. The number of hydrogen-bond donors (Lipinski definition) is 0. The minimum Gasteiger partial charge on any atom is -0.223 e. The van der Waals surface area contributed by atoms with Crippen LogP contribution in [0.1, 0.15) is 12.8 Å². The predicted molar refractivity (Wildman–Crippen MR) is 23.1 cm³/mol. The smallest absolute Gasteiger partial charge is 0.223 e. The van der Waals surface area contributed by atoms with Crippen LogP contribution in [0.4, 0.5) is 8.28 Å². The standard InChI is InChI=1S/C3H4F2O2S/c4-3(1-2-3)8(5,6)7/h1-2H2. The van der Waals surface area contributed by atoms with Crippen LogP contribution >= 0.6 is 0 Å². The van der Waals surface area contributed by atoms with Gasteiger partial charge in [0.15, 0.2) is 0 Å². The molecule has 1 fully saturated rings. The average molecular weight is 142 g/mol. The van der Waals surface area contributed by atoms with E-state index >= 15 is 0 Å². The molecule has 0 amide bonds. The number of halogens is 2. The molecule has 0 aromatic carbocycles. The molecular weight excluding hydrogens is 138 g/mol. The second kappa shape index (κ2) is 1.21. The molecule has 0 spiro atoms. The highest BCUT2D eigenvalue weighted by molar-refractivity contribution is 7.87. The van der Waals surface area contributed by atoms with Gasteiger partial charge < -0.3 is 0 Å². The van der Waals surface area contributed by atoms with E-state index < -0.39 is 15.2 Å². The Morgan fingerprint density at radius 3 is 1.75 bits per heavy atom. The lowest BCUT2D eigenvalue weighted by atomic mass is 10.9. The summed E-state index contributed by atoms with van der Waals surface area (Å²) < 4.78 is 42.9. The Morgan fingerprint density at radius 1 is 1.38 bits per heavy atom. The molecule has 1 saturated carbocycles. The predicted octanol–water partition coefficient (Wildman–Crippen LogP) is 0.745. The Hall–Kier alpha value is -0.190. The normalized spacial score (nSPS) is 25.2. The molecule has 0 saturated heterocycles. The first kappa shape index (κ1) is 5.94. The lowest BCUT2D eigenvalue weighted by molar-refractivity contribution is 0.384. The molecule has 0 aliphatic heterocycles. The summed E-state index contributed by atoms with van der Waals surface area (Å²) in [6.07, 6.45) is -0.377. The van der Waals surface area contributed by atoms with E-state index in [4.69, 9.17) is 0 Å². The van der Waals surface area contributed by atoms with Crippen molar-refractivity contribution in [3.63, 3.8) is 0 Å². The van der Waals surface area contributed by atoms with Gasteiger partial charge in [-0.1, -0.05) is 0 Å². The molecule has 1 aliphatic carbocycles. The van der Waals surface area contributed by atoms with Crippen molar-refractivity contribution in [2.75, 3.05) is 0 Å². The van der Waals surface area contributed by atoms with Gasteiger partial charge in [0.2, 0.25) is 5.00 Å². The maximum Gasteiger partial charge on any atom is 0.337 e. The van der Waals surface area contributed by atoms with E-state index in [0.717, 1.165) is 0 Å². The van der Waals surface area contributed by atoms with E-state index in [2.05, 4.69) is 0 Å². The number of hydrogen-bond acceptors (Lipinski definition) is 2. The molecule has 2 nitrogen and oxygen atoms in total. The van der Waals surface area contributed by atoms with Crippen LogP contribution in [0.15, 0.2) is 0 Å². The van der Waals surface area contributed by atoms with Gasteiger partial charge in [-0.2, -0.15) is 8.42 Å². The van der Waals surface area contributed by atoms with Gasteiger partial charge in [-0.05, 0) is 0 Å². The Balaban J connectivity index is 2.90. The molecule has 0 N–H and O–H groups in total. The first-order valence-corrected chi connectivity index (χ1v) is 3.47. The van der Waals surface area contributed by atoms with Crippen molar-refractivity contribution >= 4 is 10.2 Å². The van der Waals surface area contributed by atoms with Crippen LogP contribution in [0.5, 0.6) is 0 Å². The summed E-state index contributed by atoms with van der Waals surface area (Å²) in [6, 6.07) is 0. The van der Waals surface area contributed by atoms with E-state index in [0.29, 0.717) is 0 Å². The molecule has 0 bridgehead atoms. The van der Waals surface area contributed by atoms with Crippen LogP contribution in [0.3, 0.4) is 0 Å². The van der Waals surface area contributed by atoms with Crippen molar-refractivity contribution in [1.82, 2.24) is 0 Å². The summed E-state index contributed by atoms with van der Waals surface area (Å²) >= 11 is 0. The Kier molecular flexibility index (Phi) is 0.895. The van der Waals surface area contributed by atoms with Crippen LogP contribution in [0.2, 0.25) is 0 Å². The molecule has 0 aromatic heterocycles. The third-order valence-corrected chi connectivity index (χ3v) is 2.36. The van der Waals surface area contributed by atoms with Crippen molar-refractivity contribution < 1.29 is 16.7 Å². The van der Waals surface area contributed by atoms with Crippen molar-refractivity contribution in [3.8, 4) is 0 Å². The van der Waals surface area contributed by atoms with Gasteiger partial charge in [0.1, 0.15) is 0 Å². The zero-order valence-corrected chi connectivity index (χ0v) is 4.71. The van der Waals surface area contributed by atoms with E-state index in [1.807, 2.05) is 0 Å². The molecule has 8 heavy (non-hydrogen) atoms. The third kappa shape index (κ3) is 0.705. The monoisotopic (exact) mass is 142 g/mol. The fourth-order valence-corrected chi connectivity index (χ4v) is 0.932. The van der Waals surface area contributed by atoms with Gasteiger partial charge in [-0.15, -0.1) is 3.89 Å². The molecule has 0 radical (unpaired) electrons. The van der Waals surface area contributed by atoms with E-state index in [-0.39, 0.29) is 12.8 Å². The number of rotatable bonds is 1. The summed E-state index contributed by atoms with van der Waals surface area (Å²) in [7, 11) is -4.90. The zero-order valence-electron chi connectivity index (χ0n) is 3.89. The molecule has 5 heteroatoms. The van der Waals surface area contributed by atoms with Crippen molar-refractivity contribution in [2.45, 2.75) is 17.8 Å². The minimum absolute atomic E-state index is 0.189. The second-order valence-corrected chi connectivity index (χ2v) is 3.43. The minimum atomic E-state index is -4.90. The van der Waals surface area contributed by atoms with Crippen molar-refractivity contribution in [2.24, 2.45) is 0 Å². The van der Waals surface area contributed by atoms with Gasteiger partial charge in [0, 0.05) is 12.8 Å². The van der Waals surface area contributed by atoms with Gasteiger partial charge in [-0.25, -0.2) is 4.39 Å². The Morgan fingerprint density at radius 2 is 1.75 bits per heavy atom. The van der Waals surface area contributed by atoms with E-state index in [9.17, 15) is 16.7 Å².